The molecule has 0 heterocycles. The van der Waals surface area contributed by atoms with Crippen molar-refractivity contribution in [2.75, 3.05) is 39.0 Å². The van der Waals surface area contributed by atoms with Crippen LogP contribution in [0.1, 0.15) is 5.56 Å². The van der Waals surface area contributed by atoms with Gasteiger partial charge >= 0.3 is 0 Å². The lowest BCUT2D eigenvalue weighted by Crippen LogP contribution is -2.34. The summed E-state index contributed by atoms with van der Waals surface area (Å²) >= 11 is 0. The fourth-order valence-electron chi connectivity index (χ4n) is 2.54. The van der Waals surface area contributed by atoms with E-state index in [0.717, 1.165) is 26.1 Å². The highest BCUT2D eigenvalue weighted by atomic mass is 35.5. The maximum absolute atomic E-state index is 11.6. The molecule has 0 unspecified atom stereocenters. The Balaban J connectivity index is 0.00000338. The Hall–Kier alpha value is -1.60. The average Bonchev–Trinajstić information content (AvgIpc) is 2.60. The molecule has 0 radical (unpaired) electrons. The van der Waals surface area contributed by atoms with Crippen molar-refractivity contribution in [3.8, 4) is 5.75 Å². The molecule has 0 saturated heterocycles. The van der Waals surface area contributed by atoms with Gasteiger partial charge in [0.2, 0.25) is 0 Å². The van der Waals surface area contributed by atoms with Gasteiger partial charge in [-0.15, -0.1) is 12.4 Å². The number of ether oxygens (including phenoxy) is 1. The molecule has 0 aliphatic rings. The third-order valence-corrected chi connectivity index (χ3v) is 5.02. The fraction of sp³-hybridized carbons (Fsp3) is 0.368. The molecule has 0 fully saturated rings. The number of halogens is 1. The molecule has 26 heavy (non-hydrogen) atoms. The summed E-state index contributed by atoms with van der Waals surface area (Å²) in [6.45, 7) is 3.54. The zero-order valence-electron chi connectivity index (χ0n) is 15.0. The first-order valence-electron chi connectivity index (χ1n) is 8.38. The normalized spacial score (nSPS) is 11.2. The van der Waals surface area contributed by atoms with Crippen molar-refractivity contribution in [3.63, 3.8) is 0 Å². The molecule has 2 aromatic carbocycles. The highest BCUT2D eigenvalue weighted by molar-refractivity contribution is 7.90. The van der Waals surface area contributed by atoms with Crippen LogP contribution in [0.25, 0.3) is 0 Å². The van der Waals surface area contributed by atoms with Gasteiger partial charge in [-0.2, -0.15) is 0 Å². The monoisotopic (exact) mass is 398 g/mol. The lowest BCUT2D eigenvalue weighted by atomic mass is 10.1. The van der Waals surface area contributed by atoms with Crippen LogP contribution in [0.15, 0.2) is 59.5 Å². The Morgan fingerprint density at radius 1 is 1.00 bits per heavy atom. The Bertz CT molecular complexity index is 754. The van der Waals surface area contributed by atoms with Gasteiger partial charge < -0.3 is 10.5 Å². The van der Waals surface area contributed by atoms with E-state index in [0.29, 0.717) is 18.9 Å². The molecule has 0 amide bonds. The Morgan fingerprint density at radius 3 is 2.38 bits per heavy atom. The fourth-order valence-corrected chi connectivity index (χ4v) is 3.19. The number of nitrogens with zero attached hydrogens (tertiary/aromatic N) is 1. The summed E-state index contributed by atoms with van der Waals surface area (Å²) in [7, 11) is -3.22. The van der Waals surface area contributed by atoms with Crippen LogP contribution in [0.3, 0.4) is 0 Å². The molecule has 0 bridgehead atoms. The molecule has 0 aromatic heterocycles. The van der Waals surface area contributed by atoms with Crippen LogP contribution < -0.4 is 10.5 Å². The Kier molecular flexibility index (Phi) is 9.65. The number of rotatable bonds is 10. The number of benzene rings is 2. The SMILES string of the molecule is CS(=O)(=O)c1cccc(OCCN(CCN)CCc2ccccc2)c1.Cl. The van der Waals surface area contributed by atoms with Crippen LogP contribution in [0, 0.1) is 0 Å². The highest BCUT2D eigenvalue weighted by Gasteiger charge is 2.09. The van der Waals surface area contributed by atoms with Crippen LogP contribution >= 0.6 is 12.4 Å². The molecule has 144 valence electrons. The first-order valence-corrected chi connectivity index (χ1v) is 10.3. The van der Waals surface area contributed by atoms with E-state index in [1.807, 2.05) is 18.2 Å². The largest absolute Gasteiger partial charge is 0.492 e. The van der Waals surface area contributed by atoms with Gasteiger partial charge in [-0.3, -0.25) is 4.90 Å². The molecule has 0 spiro atoms. The van der Waals surface area contributed by atoms with Crippen molar-refractivity contribution in [2.45, 2.75) is 11.3 Å². The van der Waals surface area contributed by atoms with Crippen molar-refractivity contribution in [1.82, 2.24) is 4.90 Å². The molecular weight excluding hydrogens is 372 g/mol. The highest BCUT2D eigenvalue weighted by Crippen LogP contribution is 2.17. The third kappa shape index (κ3) is 7.74. The maximum atomic E-state index is 11.6. The van der Waals surface area contributed by atoms with Crippen molar-refractivity contribution in [1.29, 1.82) is 0 Å². The zero-order chi connectivity index (χ0) is 18.1. The van der Waals surface area contributed by atoms with E-state index in [4.69, 9.17) is 10.5 Å². The molecule has 7 heteroatoms. The van der Waals surface area contributed by atoms with E-state index in [-0.39, 0.29) is 17.3 Å². The summed E-state index contributed by atoms with van der Waals surface area (Å²) in [5.74, 6) is 0.568. The van der Waals surface area contributed by atoms with Crippen LogP contribution in [0.4, 0.5) is 0 Å². The lowest BCUT2D eigenvalue weighted by molar-refractivity contribution is 0.213. The van der Waals surface area contributed by atoms with Gasteiger partial charge in [-0.1, -0.05) is 36.4 Å². The molecule has 2 rings (SSSR count). The molecule has 0 saturated carbocycles. The van der Waals surface area contributed by atoms with E-state index in [2.05, 4.69) is 17.0 Å². The quantitative estimate of drug-likeness (QED) is 0.665. The Labute approximate surface area is 162 Å². The number of sulfone groups is 1. The van der Waals surface area contributed by atoms with Crippen molar-refractivity contribution in [2.24, 2.45) is 5.73 Å². The third-order valence-electron chi connectivity index (χ3n) is 3.91. The number of hydrogen-bond acceptors (Lipinski definition) is 5. The van der Waals surface area contributed by atoms with Gasteiger partial charge in [0.25, 0.3) is 0 Å². The second kappa shape index (κ2) is 11.2. The minimum absolute atomic E-state index is 0. The lowest BCUT2D eigenvalue weighted by Gasteiger charge is -2.21. The second-order valence-electron chi connectivity index (χ2n) is 5.96. The Morgan fingerprint density at radius 2 is 1.73 bits per heavy atom. The summed E-state index contributed by atoms with van der Waals surface area (Å²) in [4.78, 5) is 2.53. The van der Waals surface area contributed by atoms with Gasteiger partial charge in [0.15, 0.2) is 9.84 Å². The van der Waals surface area contributed by atoms with E-state index in [9.17, 15) is 8.42 Å². The molecule has 2 aromatic rings. The van der Waals surface area contributed by atoms with E-state index in [1.165, 1.54) is 11.8 Å². The van der Waals surface area contributed by atoms with Gasteiger partial charge in [0.1, 0.15) is 12.4 Å². The minimum Gasteiger partial charge on any atom is -0.492 e. The summed E-state index contributed by atoms with van der Waals surface area (Å²) < 4.78 is 28.9. The molecule has 2 N–H and O–H groups in total. The van der Waals surface area contributed by atoms with E-state index >= 15 is 0 Å². The van der Waals surface area contributed by atoms with Gasteiger partial charge in [-0.05, 0) is 30.2 Å². The van der Waals surface area contributed by atoms with Crippen LogP contribution in [-0.4, -0.2) is 52.4 Å². The standard InChI is InChI=1S/C19H26N2O3S.ClH/c1-25(22,23)19-9-5-8-18(16-19)24-15-14-21(13-11-20)12-10-17-6-3-2-4-7-17;/h2-9,16H,10-15,20H2,1H3;1H. The first-order chi connectivity index (χ1) is 12.0. The van der Waals surface area contributed by atoms with Crippen molar-refractivity contribution in [3.05, 3.63) is 60.2 Å². The van der Waals surface area contributed by atoms with Gasteiger partial charge in [0, 0.05) is 32.4 Å². The topological polar surface area (TPSA) is 72.6 Å². The van der Waals surface area contributed by atoms with Gasteiger partial charge in [0.05, 0.1) is 4.90 Å². The van der Waals surface area contributed by atoms with Crippen molar-refractivity contribution >= 4 is 22.2 Å². The van der Waals surface area contributed by atoms with E-state index in [1.54, 1.807) is 24.3 Å². The predicted molar refractivity (Wildman–Crippen MR) is 108 cm³/mol. The smallest absolute Gasteiger partial charge is 0.175 e. The molecule has 0 atom stereocenters. The summed E-state index contributed by atoms with van der Waals surface area (Å²) in [5, 5.41) is 0. The van der Waals surface area contributed by atoms with Crippen LogP contribution in [0.5, 0.6) is 5.75 Å². The number of nitrogens with two attached hydrogens (primary N) is 1. The molecule has 0 aliphatic carbocycles. The molecule has 5 nitrogen and oxygen atoms in total. The predicted octanol–water partition coefficient (Wildman–Crippen LogP) is 2.39. The van der Waals surface area contributed by atoms with Gasteiger partial charge in [-0.25, -0.2) is 8.42 Å². The molecular formula is C19H27ClN2O3S. The summed E-state index contributed by atoms with van der Waals surface area (Å²) in [6.07, 6.45) is 2.16. The summed E-state index contributed by atoms with van der Waals surface area (Å²) in [6, 6.07) is 16.9. The molecule has 0 aliphatic heterocycles. The van der Waals surface area contributed by atoms with Crippen LogP contribution in [-0.2, 0) is 16.3 Å². The van der Waals surface area contributed by atoms with E-state index < -0.39 is 9.84 Å². The van der Waals surface area contributed by atoms with Crippen molar-refractivity contribution < 1.29 is 13.2 Å². The second-order valence-corrected chi connectivity index (χ2v) is 7.98. The number of hydrogen-bond donors (Lipinski definition) is 1. The summed E-state index contributed by atoms with van der Waals surface area (Å²) in [5.41, 5.74) is 7.00. The minimum atomic E-state index is -3.22. The first kappa shape index (κ1) is 22.4. The average molecular weight is 399 g/mol. The van der Waals surface area contributed by atoms with Crippen LogP contribution in [0.2, 0.25) is 0 Å². The maximum Gasteiger partial charge on any atom is 0.175 e. The zero-order valence-corrected chi connectivity index (χ0v) is 16.6.